The number of carbonyl (C=O) groups excluding carboxylic acids is 3. The molecule has 0 fully saturated rings. The van der Waals surface area contributed by atoms with Gasteiger partial charge in [0.1, 0.15) is 12.4 Å². The number of benzene rings is 2. The summed E-state index contributed by atoms with van der Waals surface area (Å²) in [7, 11) is 0. The summed E-state index contributed by atoms with van der Waals surface area (Å²) in [6.45, 7) is 4.50. The highest BCUT2D eigenvalue weighted by molar-refractivity contribution is 6.33. The first-order valence-corrected chi connectivity index (χ1v) is 10.2. The van der Waals surface area contributed by atoms with Gasteiger partial charge in [-0.05, 0) is 56.5 Å². The third-order valence-corrected chi connectivity index (χ3v) is 4.29. The summed E-state index contributed by atoms with van der Waals surface area (Å²) in [6, 6.07) is 16.2. The number of Topliss-reactive ketones (excluding diaryl/α,β-unsaturated/α-hetero) is 1. The SMILES string of the molecule is CC(C)Oc1ccc(C(=O)NCCCCCC(=O)C(=O)OCc2ccccc2)cc1. The number of carbonyl (C=O) groups is 3. The Morgan fingerprint density at radius 3 is 2.27 bits per heavy atom. The van der Waals surface area contributed by atoms with E-state index in [-0.39, 0.29) is 25.0 Å². The lowest BCUT2D eigenvalue weighted by Crippen LogP contribution is -2.24. The number of ketones is 1. The number of hydrogen-bond donors (Lipinski definition) is 1. The van der Waals surface area contributed by atoms with Crippen LogP contribution in [0.1, 0.15) is 55.5 Å². The Morgan fingerprint density at radius 2 is 1.60 bits per heavy atom. The number of unbranched alkanes of at least 4 members (excludes halogenated alkanes) is 2. The van der Waals surface area contributed by atoms with Gasteiger partial charge < -0.3 is 14.8 Å². The average molecular weight is 411 g/mol. The van der Waals surface area contributed by atoms with E-state index in [2.05, 4.69) is 5.32 Å². The van der Waals surface area contributed by atoms with Crippen molar-refractivity contribution in [2.24, 2.45) is 0 Å². The van der Waals surface area contributed by atoms with Crippen LogP contribution < -0.4 is 10.1 Å². The van der Waals surface area contributed by atoms with E-state index in [0.29, 0.717) is 18.5 Å². The summed E-state index contributed by atoms with van der Waals surface area (Å²) in [6.07, 6.45) is 2.28. The Kier molecular flexibility index (Phi) is 9.58. The Morgan fingerprint density at radius 1 is 0.900 bits per heavy atom. The maximum absolute atomic E-state index is 12.1. The molecule has 6 heteroatoms. The molecule has 2 aromatic rings. The van der Waals surface area contributed by atoms with Gasteiger partial charge in [0.15, 0.2) is 0 Å². The third-order valence-electron chi connectivity index (χ3n) is 4.29. The molecule has 0 aliphatic rings. The normalized spacial score (nSPS) is 10.5. The predicted molar refractivity (Wildman–Crippen MR) is 114 cm³/mol. The molecule has 160 valence electrons. The molecule has 1 amide bonds. The molecule has 0 bridgehead atoms. The van der Waals surface area contributed by atoms with E-state index in [9.17, 15) is 14.4 Å². The smallest absolute Gasteiger partial charge is 0.374 e. The fraction of sp³-hybridized carbons (Fsp3) is 0.375. The van der Waals surface area contributed by atoms with Gasteiger partial charge in [0.2, 0.25) is 5.78 Å². The summed E-state index contributed by atoms with van der Waals surface area (Å²) in [5, 5.41) is 2.85. The summed E-state index contributed by atoms with van der Waals surface area (Å²) in [5.41, 5.74) is 1.42. The van der Waals surface area contributed by atoms with Crippen molar-refractivity contribution in [3.8, 4) is 5.75 Å². The van der Waals surface area contributed by atoms with E-state index in [1.165, 1.54) is 0 Å². The minimum Gasteiger partial charge on any atom is -0.491 e. The number of ether oxygens (including phenoxy) is 2. The second-order valence-corrected chi connectivity index (χ2v) is 7.24. The molecule has 0 aromatic heterocycles. The van der Waals surface area contributed by atoms with Gasteiger partial charge in [-0.3, -0.25) is 9.59 Å². The summed E-state index contributed by atoms with van der Waals surface area (Å²) >= 11 is 0. The van der Waals surface area contributed by atoms with Gasteiger partial charge >= 0.3 is 5.97 Å². The lowest BCUT2D eigenvalue weighted by Gasteiger charge is -2.10. The second-order valence-electron chi connectivity index (χ2n) is 7.24. The quantitative estimate of drug-likeness (QED) is 0.323. The highest BCUT2D eigenvalue weighted by atomic mass is 16.5. The molecule has 2 aromatic carbocycles. The summed E-state index contributed by atoms with van der Waals surface area (Å²) in [4.78, 5) is 35.7. The van der Waals surface area contributed by atoms with E-state index >= 15 is 0 Å². The van der Waals surface area contributed by atoms with Crippen LogP contribution in [-0.2, 0) is 20.9 Å². The molecule has 0 unspecified atom stereocenters. The van der Waals surface area contributed by atoms with Gasteiger partial charge in [0, 0.05) is 18.5 Å². The maximum atomic E-state index is 12.1. The molecule has 0 radical (unpaired) electrons. The summed E-state index contributed by atoms with van der Waals surface area (Å²) < 4.78 is 10.6. The standard InChI is InChI=1S/C24H29NO5/c1-18(2)30-21-14-12-20(13-15-21)23(27)25-16-8-4-7-11-22(26)24(28)29-17-19-9-5-3-6-10-19/h3,5-6,9-10,12-15,18H,4,7-8,11,16-17H2,1-2H3,(H,25,27). The highest BCUT2D eigenvalue weighted by Crippen LogP contribution is 2.14. The second kappa shape index (κ2) is 12.4. The van der Waals surface area contributed by atoms with Gasteiger partial charge in [-0.1, -0.05) is 36.8 Å². The van der Waals surface area contributed by atoms with Crippen LogP contribution in [0, 0.1) is 0 Å². The molecule has 0 aliphatic heterocycles. The van der Waals surface area contributed by atoms with Crippen molar-refractivity contribution >= 4 is 17.7 Å². The van der Waals surface area contributed by atoms with Crippen molar-refractivity contribution in [1.29, 1.82) is 0 Å². The van der Waals surface area contributed by atoms with E-state index in [1.54, 1.807) is 24.3 Å². The lowest BCUT2D eigenvalue weighted by molar-refractivity contribution is -0.154. The van der Waals surface area contributed by atoms with Crippen molar-refractivity contribution < 1.29 is 23.9 Å². The molecule has 30 heavy (non-hydrogen) atoms. The van der Waals surface area contributed by atoms with Crippen molar-refractivity contribution in [1.82, 2.24) is 5.32 Å². The molecule has 6 nitrogen and oxygen atoms in total. The Labute approximate surface area is 177 Å². The zero-order valence-electron chi connectivity index (χ0n) is 17.6. The van der Waals surface area contributed by atoms with E-state index in [1.807, 2.05) is 44.2 Å². The maximum Gasteiger partial charge on any atom is 0.374 e. The van der Waals surface area contributed by atoms with Crippen LogP contribution in [0.15, 0.2) is 54.6 Å². The fourth-order valence-electron chi connectivity index (χ4n) is 2.75. The van der Waals surface area contributed by atoms with Crippen molar-refractivity contribution in [2.75, 3.05) is 6.54 Å². The van der Waals surface area contributed by atoms with E-state index in [0.717, 1.165) is 24.2 Å². The molecule has 0 aliphatic carbocycles. The first-order chi connectivity index (χ1) is 14.5. The van der Waals surface area contributed by atoms with Crippen LogP contribution >= 0.6 is 0 Å². The van der Waals surface area contributed by atoms with Gasteiger partial charge in [-0.25, -0.2) is 4.79 Å². The molecule has 2 rings (SSSR count). The van der Waals surface area contributed by atoms with Gasteiger partial charge in [0.25, 0.3) is 5.91 Å². The Balaban J connectivity index is 1.57. The molecule has 0 atom stereocenters. The number of rotatable bonds is 12. The van der Waals surface area contributed by atoms with Crippen LogP contribution in [0.5, 0.6) is 5.75 Å². The molecular weight excluding hydrogens is 382 g/mol. The molecule has 0 saturated heterocycles. The number of hydrogen-bond acceptors (Lipinski definition) is 5. The fourth-order valence-corrected chi connectivity index (χ4v) is 2.75. The number of nitrogens with one attached hydrogen (secondary N) is 1. The molecule has 1 N–H and O–H groups in total. The van der Waals surface area contributed by atoms with Crippen molar-refractivity contribution in [2.45, 2.75) is 52.2 Å². The van der Waals surface area contributed by atoms with Crippen LogP contribution in [0.4, 0.5) is 0 Å². The molecule has 0 saturated carbocycles. The van der Waals surface area contributed by atoms with Crippen LogP contribution in [-0.4, -0.2) is 30.3 Å². The van der Waals surface area contributed by atoms with Crippen LogP contribution in [0.3, 0.4) is 0 Å². The number of esters is 1. The number of amides is 1. The highest BCUT2D eigenvalue weighted by Gasteiger charge is 2.14. The third kappa shape index (κ3) is 8.47. The van der Waals surface area contributed by atoms with Gasteiger partial charge in [-0.2, -0.15) is 0 Å². The first kappa shape index (κ1) is 23.1. The van der Waals surface area contributed by atoms with Gasteiger partial charge in [-0.15, -0.1) is 0 Å². The predicted octanol–water partition coefficient (Wildman–Crippen LogP) is 4.08. The molecule has 0 heterocycles. The van der Waals surface area contributed by atoms with E-state index < -0.39 is 11.8 Å². The Bertz CT molecular complexity index is 815. The first-order valence-electron chi connectivity index (χ1n) is 10.2. The van der Waals surface area contributed by atoms with E-state index in [4.69, 9.17) is 9.47 Å². The summed E-state index contributed by atoms with van der Waals surface area (Å²) in [5.74, 6) is -0.726. The monoisotopic (exact) mass is 411 g/mol. The zero-order chi connectivity index (χ0) is 21.8. The molecule has 0 spiro atoms. The zero-order valence-corrected chi connectivity index (χ0v) is 17.6. The largest absolute Gasteiger partial charge is 0.491 e. The average Bonchev–Trinajstić information content (AvgIpc) is 2.75. The van der Waals surface area contributed by atoms with Crippen LogP contribution in [0.2, 0.25) is 0 Å². The molecular formula is C24H29NO5. The lowest BCUT2D eigenvalue weighted by atomic mass is 10.1. The Hall–Kier alpha value is -3.15. The van der Waals surface area contributed by atoms with Crippen molar-refractivity contribution in [3.63, 3.8) is 0 Å². The van der Waals surface area contributed by atoms with Crippen LogP contribution in [0.25, 0.3) is 0 Å². The minimum absolute atomic E-state index is 0.0854. The topological polar surface area (TPSA) is 81.7 Å². The van der Waals surface area contributed by atoms with Gasteiger partial charge in [0.05, 0.1) is 6.10 Å². The van der Waals surface area contributed by atoms with Crippen molar-refractivity contribution in [3.05, 3.63) is 65.7 Å². The minimum atomic E-state index is -0.794.